The molecule has 1 aliphatic rings. The molecule has 6 heteroatoms. The summed E-state index contributed by atoms with van der Waals surface area (Å²) in [5.74, 6) is 0.0434. The van der Waals surface area contributed by atoms with E-state index in [0.29, 0.717) is 6.42 Å². The average Bonchev–Trinajstić information content (AvgIpc) is 3.11. The summed E-state index contributed by atoms with van der Waals surface area (Å²) in [5.41, 5.74) is 2.04. The molecular formula is C15H17BrN4O. The minimum absolute atomic E-state index is 0.0434. The second-order valence-corrected chi connectivity index (χ2v) is 6.15. The van der Waals surface area contributed by atoms with Crippen molar-refractivity contribution in [2.24, 2.45) is 0 Å². The molecule has 0 saturated carbocycles. The Labute approximate surface area is 131 Å². The van der Waals surface area contributed by atoms with Gasteiger partial charge >= 0.3 is 0 Å². The maximum atomic E-state index is 12.0. The molecule has 5 nitrogen and oxygen atoms in total. The van der Waals surface area contributed by atoms with E-state index in [0.717, 1.165) is 29.7 Å². The molecule has 2 aromatic rings. The third-order valence-electron chi connectivity index (χ3n) is 3.65. The van der Waals surface area contributed by atoms with E-state index in [9.17, 15) is 4.79 Å². The van der Waals surface area contributed by atoms with Gasteiger partial charge in [-0.15, -0.1) is 0 Å². The fraction of sp³-hybridized carbons (Fsp3) is 0.333. The number of anilines is 1. The van der Waals surface area contributed by atoms with Gasteiger partial charge < -0.3 is 10.2 Å². The molecule has 1 saturated heterocycles. The van der Waals surface area contributed by atoms with Crippen LogP contribution >= 0.6 is 15.9 Å². The van der Waals surface area contributed by atoms with Crippen molar-refractivity contribution in [3.05, 3.63) is 46.7 Å². The molecule has 1 aliphatic heterocycles. The van der Waals surface area contributed by atoms with E-state index in [2.05, 4.69) is 48.5 Å². The molecule has 2 N–H and O–H groups in total. The van der Waals surface area contributed by atoms with Gasteiger partial charge in [-0.2, -0.15) is 5.10 Å². The Kier molecular flexibility index (Phi) is 4.24. The monoisotopic (exact) mass is 348 g/mol. The van der Waals surface area contributed by atoms with E-state index in [1.165, 1.54) is 5.69 Å². The van der Waals surface area contributed by atoms with Gasteiger partial charge in [-0.05, 0) is 36.8 Å². The van der Waals surface area contributed by atoms with Gasteiger partial charge in [0.05, 0.1) is 6.42 Å². The number of rotatable bonds is 4. The Bertz CT molecular complexity index is 597. The van der Waals surface area contributed by atoms with Crippen molar-refractivity contribution in [1.29, 1.82) is 0 Å². The second-order valence-electron chi connectivity index (χ2n) is 5.23. The van der Waals surface area contributed by atoms with Crippen molar-refractivity contribution in [3.63, 3.8) is 0 Å². The Morgan fingerprint density at radius 3 is 2.90 bits per heavy atom. The second kappa shape index (κ2) is 6.30. The maximum Gasteiger partial charge on any atom is 0.226 e. The van der Waals surface area contributed by atoms with Gasteiger partial charge in [0, 0.05) is 41.2 Å². The van der Waals surface area contributed by atoms with Crippen LogP contribution in [-0.4, -0.2) is 35.2 Å². The van der Waals surface area contributed by atoms with Gasteiger partial charge in [0.1, 0.15) is 0 Å². The van der Waals surface area contributed by atoms with Crippen molar-refractivity contribution in [2.75, 3.05) is 18.0 Å². The quantitative estimate of drug-likeness (QED) is 0.889. The maximum absolute atomic E-state index is 12.0. The smallest absolute Gasteiger partial charge is 0.226 e. The molecule has 1 amide bonds. The average molecular weight is 349 g/mol. The summed E-state index contributed by atoms with van der Waals surface area (Å²) in [4.78, 5) is 14.3. The fourth-order valence-electron chi connectivity index (χ4n) is 2.60. The number of hydrogen-bond donors (Lipinski definition) is 2. The predicted molar refractivity (Wildman–Crippen MR) is 85.2 cm³/mol. The van der Waals surface area contributed by atoms with Crippen LogP contribution in [0, 0.1) is 0 Å². The number of nitrogens with zero attached hydrogens (tertiary/aromatic N) is 2. The summed E-state index contributed by atoms with van der Waals surface area (Å²) in [6, 6.07) is 10.3. The largest absolute Gasteiger partial charge is 0.369 e. The lowest BCUT2D eigenvalue weighted by Gasteiger charge is -2.19. The summed E-state index contributed by atoms with van der Waals surface area (Å²) < 4.78 is 1.08. The van der Waals surface area contributed by atoms with E-state index < -0.39 is 0 Å². The molecule has 2 heterocycles. The van der Waals surface area contributed by atoms with Crippen LogP contribution in [0.1, 0.15) is 12.1 Å². The van der Waals surface area contributed by atoms with E-state index >= 15 is 0 Å². The first-order valence-corrected chi connectivity index (χ1v) is 7.78. The van der Waals surface area contributed by atoms with Crippen molar-refractivity contribution in [1.82, 2.24) is 15.5 Å². The minimum atomic E-state index is 0.0434. The number of H-pyrrole nitrogens is 1. The van der Waals surface area contributed by atoms with Crippen molar-refractivity contribution < 1.29 is 4.79 Å². The molecule has 3 rings (SSSR count). The molecule has 1 aromatic carbocycles. The number of halogens is 1. The van der Waals surface area contributed by atoms with E-state index in [1.807, 2.05) is 18.2 Å². The summed E-state index contributed by atoms with van der Waals surface area (Å²) in [7, 11) is 0. The summed E-state index contributed by atoms with van der Waals surface area (Å²) in [6.07, 6.45) is 2.99. The first-order valence-electron chi connectivity index (χ1n) is 6.99. The number of nitrogens with one attached hydrogen (secondary N) is 2. The Hall–Kier alpha value is -1.82. The standard InChI is InChI=1S/C15H17BrN4O/c16-11-1-3-14(4-2-11)20-8-6-13(10-20)18-15(21)9-12-5-7-17-19-12/h1-5,7,13H,6,8-10H2,(H,17,19)(H,18,21)/t13-/m1/s1. The van der Waals surface area contributed by atoms with Crippen LogP contribution in [0.5, 0.6) is 0 Å². The van der Waals surface area contributed by atoms with Crippen molar-refractivity contribution in [2.45, 2.75) is 18.9 Å². The molecule has 0 bridgehead atoms. The van der Waals surface area contributed by atoms with Gasteiger partial charge in [-0.1, -0.05) is 15.9 Å². The minimum Gasteiger partial charge on any atom is -0.369 e. The molecule has 21 heavy (non-hydrogen) atoms. The number of benzene rings is 1. The summed E-state index contributed by atoms with van der Waals surface area (Å²) in [5, 5.41) is 9.75. The van der Waals surface area contributed by atoms with Crippen LogP contribution in [0.3, 0.4) is 0 Å². The van der Waals surface area contributed by atoms with Crippen LogP contribution in [0.25, 0.3) is 0 Å². The molecular weight excluding hydrogens is 332 g/mol. The Morgan fingerprint density at radius 1 is 1.38 bits per heavy atom. The highest BCUT2D eigenvalue weighted by molar-refractivity contribution is 9.10. The van der Waals surface area contributed by atoms with Gasteiger partial charge in [-0.25, -0.2) is 0 Å². The lowest BCUT2D eigenvalue weighted by molar-refractivity contribution is -0.121. The molecule has 1 fully saturated rings. The third-order valence-corrected chi connectivity index (χ3v) is 4.18. The molecule has 1 aromatic heterocycles. The van der Waals surface area contributed by atoms with Crippen molar-refractivity contribution >= 4 is 27.5 Å². The number of aromatic nitrogens is 2. The van der Waals surface area contributed by atoms with E-state index in [1.54, 1.807) is 6.20 Å². The van der Waals surface area contributed by atoms with Gasteiger partial charge in [-0.3, -0.25) is 9.89 Å². The summed E-state index contributed by atoms with van der Waals surface area (Å²) in [6.45, 7) is 1.83. The van der Waals surface area contributed by atoms with E-state index in [4.69, 9.17) is 0 Å². The zero-order valence-electron chi connectivity index (χ0n) is 11.6. The lowest BCUT2D eigenvalue weighted by Crippen LogP contribution is -2.38. The van der Waals surface area contributed by atoms with E-state index in [-0.39, 0.29) is 11.9 Å². The Balaban J connectivity index is 1.52. The Morgan fingerprint density at radius 2 is 2.19 bits per heavy atom. The number of aromatic amines is 1. The van der Waals surface area contributed by atoms with Gasteiger partial charge in [0.15, 0.2) is 0 Å². The lowest BCUT2D eigenvalue weighted by atomic mass is 10.2. The van der Waals surface area contributed by atoms with Crippen LogP contribution in [-0.2, 0) is 11.2 Å². The molecule has 1 atom stereocenters. The van der Waals surface area contributed by atoms with Crippen LogP contribution in [0.2, 0.25) is 0 Å². The van der Waals surface area contributed by atoms with Crippen LogP contribution in [0.4, 0.5) is 5.69 Å². The number of amides is 1. The van der Waals surface area contributed by atoms with Gasteiger partial charge in [0.2, 0.25) is 5.91 Å². The topological polar surface area (TPSA) is 61.0 Å². The molecule has 0 radical (unpaired) electrons. The first kappa shape index (κ1) is 14.1. The predicted octanol–water partition coefficient (Wildman–Crippen LogP) is 2.11. The normalized spacial score (nSPS) is 18.0. The zero-order chi connectivity index (χ0) is 14.7. The van der Waals surface area contributed by atoms with Crippen molar-refractivity contribution in [3.8, 4) is 0 Å². The number of carbonyl (C=O) groups is 1. The van der Waals surface area contributed by atoms with Crippen LogP contribution in [0.15, 0.2) is 41.0 Å². The number of carbonyl (C=O) groups excluding carboxylic acids is 1. The highest BCUT2D eigenvalue weighted by Crippen LogP contribution is 2.22. The highest BCUT2D eigenvalue weighted by Gasteiger charge is 2.24. The molecule has 110 valence electrons. The first-order chi connectivity index (χ1) is 10.2. The molecule has 0 unspecified atom stereocenters. The molecule has 0 spiro atoms. The third kappa shape index (κ3) is 3.64. The highest BCUT2D eigenvalue weighted by atomic mass is 79.9. The fourth-order valence-corrected chi connectivity index (χ4v) is 2.86. The van der Waals surface area contributed by atoms with Crippen LogP contribution < -0.4 is 10.2 Å². The zero-order valence-corrected chi connectivity index (χ0v) is 13.1. The summed E-state index contributed by atoms with van der Waals surface area (Å²) >= 11 is 3.44. The molecule has 0 aliphatic carbocycles. The number of hydrogen-bond acceptors (Lipinski definition) is 3. The van der Waals surface area contributed by atoms with Gasteiger partial charge in [0.25, 0.3) is 0 Å². The SMILES string of the molecule is O=C(Cc1ccn[nH]1)N[C@@H]1CCN(c2ccc(Br)cc2)C1.